The number of aliphatic hydroxyl groups excluding tert-OH is 1. The number of hydrogen-bond acceptors (Lipinski definition) is 4. The van der Waals surface area contributed by atoms with Crippen molar-refractivity contribution < 1.29 is 9.84 Å². The van der Waals surface area contributed by atoms with Crippen molar-refractivity contribution in [1.82, 2.24) is 9.80 Å². The molecule has 0 aromatic carbocycles. The molecular weight excluding hydrogens is 252 g/mol. The number of likely N-dealkylation sites (tertiary alicyclic amines) is 1. The number of piperidine rings is 1. The Hall–Kier alpha value is -0.160. The fourth-order valence-electron chi connectivity index (χ4n) is 3.64. The van der Waals surface area contributed by atoms with Crippen LogP contribution in [-0.4, -0.2) is 73.0 Å². The summed E-state index contributed by atoms with van der Waals surface area (Å²) >= 11 is 0. The van der Waals surface area contributed by atoms with Gasteiger partial charge in [0.25, 0.3) is 0 Å². The Bertz CT molecular complexity index is 257. The maximum atomic E-state index is 8.83. The van der Waals surface area contributed by atoms with Crippen molar-refractivity contribution in [3.8, 4) is 0 Å². The average molecular weight is 284 g/mol. The van der Waals surface area contributed by atoms with Crippen LogP contribution in [0, 0.1) is 5.92 Å². The molecule has 4 heteroatoms. The Morgan fingerprint density at radius 3 is 2.25 bits per heavy atom. The fraction of sp³-hybridized carbons (Fsp3) is 1.00. The van der Waals surface area contributed by atoms with Crippen molar-refractivity contribution in [1.29, 1.82) is 0 Å². The monoisotopic (exact) mass is 284 g/mol. The predicted molar refractivity (Wildman–Crippen MR) is 81.9 cm³/mol. The third kappa shape index (κ3) is 5.32. The quantitative estimate of drug-likeness (QED) is 0.751. The van der Waals surface area contributed by atoms with Crippen LogP contribution in [-0.2, 0) is 4.74 Å². The van der Waals surface area contributed by atoms with Gasteiger partial charge in [-0.15, -0.1) is 0 Å². The van der Waals surface area contributed by atoms with E-state index in [0.717, 1.165) is 31.8 Å². The third-order valence-corrected chi connectivity index (χ3v) is 4.60. The van der Waals surface area contributed by atoms with E-state index in [9.17, 15) is 0 Å². The van der Waals surface area contributed by atoms with Crippen molar-refractivity contribution in [2.45, 2.75) is 51.7 Å². The van der Waals surface area contributed by atoms with E-state index >= 15 is 0 Å². The van der Waals surface area contributed by atoms with Crippen LogP contribution < -0.4 is 0 Å². The molecule has 1 N–H and O–H groups in total. The first-order valence-corrected chi connectivity index (χ1v) is 8.38. The molecule has 118 valence electrons. The lowest BCUT2D eigenvalue weighted by atomic mass is 9.95. The summed E-state index contributed by atoms with van der Waals surface area (Å²) < 4.78 is 5.81. The maximum Gasteiger partial charge on any atom is 0.0678 e. The molecule has 0 radical (unpaired) electrons. The average Bonchev–Trinajstić information content (AvgIpc) is 2.40. The van der Waals surface area contributed by atoms with Crippen molar-refractivity contribution in [3.63, 3.8) is 0 Å². The Labute approximate surface area is 124 Å². The van der Waals surface area contributed by atoms with Crippen LogP contribution in [0.25, 0.3) is 0 Å². The summed E-state index contributed by atoms with van der Waals surface area (Å²) in [5.41, 5.74) is 0. The highest BCUT2D eigenvalue weighted by molar-refractivity contribution is 4.79. The number of nitrogens with zero attached hydrogens (tertiary/aromatic N) is 2. The smallest absolute Gasteiger partial charge is 0.0678 e. The molecule has 0 saturated carbocycles. The molecule has 4 nitrogen and oxygen atoms in total. The lowest BCUT2D eigenvalue weighted by molar-refractivity contribution is -0.0731. The first-order chi connectivity index (χ1) is 9.67. The zero-order chi connectivity index (χ0) is 14.4. The first kappa shape index (κ1) is 16.2. The van der Waals surface area contributed by atoms with Crippen LogP contribution in [0.2, 0.25) is 0 Å². The van der Waals surface area contributed by atoms with Crippen LogP contribution in [0.3, 0.4) is 0 Å². The minimum atomic E-state index is 0.337. The van der Waals surface area contributed by atoms with Crippen molar-refractivity contribution >= 4 is 0 Å². The molecular formula is C16H32N2O2. The Morgan fingerprint density at radius 2 is 1.65 bits per heavy atom. The van der Waals surface area contributed by atoms with Gasteiger partial charge in [-0.2, -0.15) is 0 Å². The minimum Gasteiger partial charge on any atom is -0.396 e. The second kappa shape index (κ2) is 8.32. The SMILES string of the molecule is CC1CN(CC2CCN(CCCCO)CC2)CC(C)O1. The Morgan fingerprint density at radius 1 is 1.00 bits per heavy atom. The van der Waals surface area contributed by atoms with Gasteiger partial charge in [0.2, 0.25) is 0 Å². The topological polar surface area (TPSA) is 35.9 Å². The molecule has 0 aliphatic carbocycles. The molecule has 0 bridgehead atoms. The fourth-order valence-corrected chi connectivity index (χ4v) is 3.64. The second-order valence-corrected chi connectivity index (χ2v) is 6.69. The van der Waals surface area contributed by atoms with Gasteiger partial charge in [-0.3, -0.25) is 4.90 Å². The van der Waals surface area contributed by atoms with E-state index in [4.69, 9.17) is 9.84 Å². The van der Waals surface area contributed by atoms with E-state index < -0.39 is 0 Å². The molecule has 2 aliphatic heterocycles. The van der Waals surface area contributed by atoms with Crippen LogP contribution in [0.4, 0.5) is 0 Å². The standard InChI is InChI=1S/C16H32N2O2/c1-14-11-18(12-15(2)20-14)13-16-5-8-17(9-6-16)7-3-4-10-19/h14-16,19H,3-13H2,1-2H3. The van der Waals surface area contributed by atoms with Crippen LogP contribution in [0.15, 0.2) is 0 Å². The number of ether oxygens (including phenoxy) is 1. The lowest BCUT2D eigenvalue weighted by Gasteiger charge is -2.39. The summed E-state index contributed by atoms with van der Waals surface area (Å²) in [5.74, 6) is 0.863. The van der Waals surface area contributed by atoms with Crippen LogP contribution >= 0.6 is 0 Å². The van der Waals surface area contributed by atoms with E-state index in [1.54, 1.807) is 0 Å². The largest absolute Gasteiger partial charge is 0.396 e. The van der Waals surface area contributed by atoms with Gasteiger partial charge >= 0.3 is 0 Å². The van der Waals surface area contributed by atoms with Gasteiger partial charge in [-0.05, 0) is 65.1 Å². The Kier molecular flexibility index (Phi) is 6.75. The maximum absolute atomic E-state index is 8.83. The lowest BCUT2D eigenvalue weighted by Crippen LogP contribution is -2.48. The molecule has 0 amide bonds. The van der Waals surface area contributed by atoms with Crippen molar-refractivity contribution in [3.05, 3.63) is 0 Å². The van der Waals surface area contributed by atoms with Crippen molar-refractivity contribution in [2.75, 3.05) is 45.9 Å². The summed E-state index contributed by atoms with van der Waals surface area (Å²) in [6.45, 7) is 11.8. The van der Waals surface area contributed by atoms with Crippen LogP contribution in [0.5, 0.6) is 0 Å². The summed E-state index contributed by atoms with van der Waals surface area (Å²) in [4.78, 5) is 5.17. The summed E-state index contributed by atoms with van der Waals surface area (Å²) in [6.07, 6.45) is 5.52. The van der Waals surface area contributed by atoms with E-state index in [-0.39, 0.29) is 0 Å². The van der Waals surface area contributed by atoms with Gasteiger partial charge in [0, 0.05) is 26.2 Å². The molecule has 2 unspecified atom stereocenters. The van der Waals surface area contributed by atoms with Gasteiger partial charge in [0.05, 0.1) is 12.2 Å². The van der Waals surface area contributed by atoms with Gasteiger partial charge in [0.1, 0.15) is 0 Å². The third-order valence-electron chi connectivity index (χ3n) is 4.60. The molecule has 0 spiro atoms. The molecule has 2 aliphatic rings. The zero-order valence-electron chi connectivity index (χ0n) is 13.3. The van der Waals surface area contributed by atoms with Crippen LogP contribution in [0.1, 0.15) is 39.5 Å². The molecule has 2 fully saturated rings. The number of rotatable bonds is 6. The molecule has 2 saturated heterocycles. The highest BCUT2D eigenvalue weighted by Gasteiger charge is 2.26. The zero-order valence-corrected chi connectivity index (χ0v) is 13.3. The normalized spacial score (nSPS) is 30.8. The Balaban J connectivity index is 1.64. The van der Waals surface area contributed by atoms with Gasteiger partial charge in [-0.1, -0.05) is 0 Å². The molecule has 2 rings (SSSR count). The number of aliphatic hydroxyl groups is 1. The van der Waals surface area contributed by atoms with E-state index in [1.807, 2.05) is 0 Å². The van der Waals surface area contributed by atoms with Crippen molar-refractivity contribution in [2.24, 2.45) is 5.92 Å². The van der Waals surface area contributed by atoms with Gasteiger partial charge in [0.15, 0.2) is 0 Å². The molecule has 2 atom stereocenters. The second-order valence-electron chi connectivity index (χ2n) is 6.69. The summed E-state index contributed by atoms with van der Waals surface area (Å²) in [7, 11) is 0. The minimum absolute atomic E-state index is 0.337. The van der Waals surface area contributed by atoms with E-state index in [0.29, 0.717) is 18.8 Å². The molecule has 0 aromatic rings. The summed E-state index contributed by atoms with van der Waals surface area (Å²) in [6, 6.07) is 0. The summed E-state index contributed by atoms with van der Waals surface area (Å²) in [5, 5.41) is 8.83. The molecule has 20 heavy (non-hydrogen) atoms. The number of hydrogen-bond donors (Lipinski definition) is 1. The number of morpholine rings is 1. The highest BCUT2D eigenvalue weighted by Crippen LogP contribution is 2.21. The number of unbranched alkanes of at least 4 members (excludes halogenated alkanes) is 1. The van der Waals surface area contributed by atoms with E-state index in [1.165, 1.54) is 39.0 Å². The van der Waals surface area contributed by atoms with Gasteiger partial charge in [-0.25, -0.2) is 0 Å². The van der Waals surface area contributed by atoms with Gasteiger partial charge < -0.3 is 14.7 Å². The first-order valence-electron chi connectivity index (χ1n) is 8.38. The molecule has 0 aromatic heterocycles. The highest BCUT2D eigenvalue weighted by atomic mass is 16.5. The predicted octanol–water partition coefficient (Wildman–Crippen LogP) is 1.58. The van der Waals surface area contributed by atoms with E-state index in [2.05, 4.69) is 23.6 Å². The molecule has 2 heterocycles.